The van der Waals surface area contributed by atoms with E-state index in [1.165, 1.54) is 35.2 Å². The van der Waals surface area contributed by atoms with Gasteiger partial charge >= 0.3 is 0 Å². The number of hydrogen-bond acceptors (Lipinski definition) is 7. The van der Waals surface area contributed by atoms with E-state index in [0.29, 0.717) is 12.8 Å². The first-order chi connectivity index (χ1) is 14.1. The third-order valence-corrected chi connectivity index (χ3v) is 6.07. The van der Waals surface area contributed by atoms with Crippen molar-refractivity contribution in [2.45, 2.75) is 30.6 Å². The van der Waals surface area contributed by atoms with Crippen LogP contribution in [0.2, 0.25) is 0 Å². The topological polar surface area (TPSA) is 139 Å². The molecule has 3 aromatic rings. The lowest BCUT2D eigenvalue weighted by Crippen LogP contribution is -2.43. The smallest absolute Gasteiger partial charge is 0.240 e. The summed E-state index contributed by atoms with van der Waals surface area (Å²) in [7, 11) is -3.92. The summed E-state index contributed by atoms with van der Waals surface area (Å²) in [5, 5.41) is 12.9. The zero-order valence-electron chi connectivity index (χ0n) is 17.0. The van der Waals surface area contributed by atoms with E-state index < -0.39 is 16.9 Å². The van der Waals surface area contributed by atoms with E-state index in [2.05, 4.69) is 25.9 Å². The largest absolute Gasteiger partial charge is 0.381 e. The quantitative estimate of drug-likeness (QED) is 0.688. The number of rotatable bonds is 4. The first kappa shape index (κ1) is 14.1. The van der Waals surface area contributed by atoms with Gasteiger partial charge in [-0.2, -0.15) is 10.4 Å². The lowest BCUT2D eigenvalue weighted by molar-refractivity contribution is 0.308. The van der Waals surface area contributed by atoms with Crippen LogP contribution in [0.1, 0.15) is 22.5 Å². The lowest BCUT2D eigenvalue weighted by atomic mass is 9.82. The summed E-state index contributed by atoms with van der Waals surface area (Å²) in [6.07, 6.45) is 3.46. The number of benzene rings is 1. The van der Waals surface area contributed by atoms with Gasteiger partial charge in [-0.05, 0) is 37.4 Å². The second kappa shape index (κ2) is 6.29. The van der Waals surface area contributed by atoms with Crippen molar-refractivity contribution in [1.82, 2.24) is 24.3 Å². The number of nitrogens with one attached hydrogen (secondary N) is 1. The van der Waals surface area contributed by atoms with Gasteiger partial charge in [-0.1, -0.05) is 6.07 Å². The minimum absolute atomic E-state index is 0.0476. The van der Waals surface area contributed by atoms with Crippen LogP contribution in [0.4, 0.5) is 5.82 Å². The minimum atomic E-state index is -3.92. The molecule has 1 aliphatic rings. The van der Waals surface area contributed by atoms with Crippen LogP contribution in [-0.2, 0) is 10.0 Å². The number of fused-ring (bicyclic) bond motifs is 1. The second-order valence-electron chi connectivity index (χ2n) is 6.35. The molecule has 1 aromatic carbocycles. The molecule has 0 bridgehead atoms. The van der Waals surface area contributed by atoms with Crippen molar-refractivity contribution >= 4 is 21.5 Å². The van der Waals surface area contributed by atoms with Crippen LogP contribution in [0.3, 0.4) is 0 Å². The third-order valence-electron chi connectivity index (χ3n) is 4.55. The van der Waals surface area contributed by atoms with E-state index in [0.717, 1.165) is 0 Å². The van der Waals surface area contributed by atoms with Crippen LogP contribution < -0.4 is 10.5 Å². The van der Waals surface area contributed by atoms with Crippen molar-refractivity contribution < 1.29 is 12.5 Å². The molecule has 0 unspecified atom stereocenters. The van der Waals surface area contributed by atoms with Crippen LogP contribution in [0, 0.1) is 24.1 Å². The van der Waals surface area contributed by atoms with Gasteiger partial charge in [0.1, 0.15) is 6.33 Å². The van der Waals surface area contributed by atoms with Crippen LogP contribution in [0.5, 0.6) is 0 Å². The number of nitrogens with zero attached hydrogens (tertiary/aromatic N) is 5. The zero-order chi connectivity index (χ0) is 21.7. The Morgan fingerprint density at radius 2 is 2.22 bits per heavy atom. The summed E-state index contributed by atoms with van der Waals surface area (Å²) in [5.41, 5.74) is 6.40. The fourth-order valence-electron chi connectivity index (χ4n) is 3.03. The highest BCUT2D eigenvalue weighted by Crippen LogP contribution is 2.30. The fourth-order valence-corrected chi connectivity index (χ4v) is 4.32. The number of imidazole rings is 1. The van der Waals surface area contributed by atoms with E-state index in [9.17, 15) is 8.42 Å². The maximum Gasteiger partial charge on any atom is 0.240 e. The van der Waals surface area contributed by atoms with Crippen LogP contribution in [-0.4, -0.2) is 34.0 Å². The van der Waals surface area contributed by atoms with E-state index in [4.69, 9.17) is 15.1 Å². The molecule has 2 heterocycles. The number of nitrogen functional groups attached to an aromatic ring is 1. The number of nitrogens with two attached hydrogens (primary N) is 1. The molecule has 1 fully saturated rings. The minimum Gasteiger partial charge on any atom is -0.381 e. The van der Waals surface area contributed by atoms with Gasteiger partial charge in [0.2, 0.25) is 10.0 Å². The van der Waals surface area contributed by atoms with Crippen molar-refractivity contribution in [1.29, 1.82) is 5.26 Å². The Kier molecular flexibility index (Phi) is 3.28. The Balaban J connectivity index is 1.81. The molecule has 0 amide bonds. The normalized spacial score (nSPS) is 21.7. The summed E-state index contributed by atoms with van der Waals surface area (Å²) >= 11 is 0. The molecule has 27 heavy (non-hydrogen) atoms. The van der Waals surface area contributed by atoms with Gasteiger partial charge in [-0.3, -0.25) is 0 Å². The number of aromatic nitrogens is 4. The van der Waals surface area contributed by atoms with Crippen molar-refractivity contribution in [3.63, 3.8) is 0 Å². The first-order valence-corrected chi connectivity index (χ1v) is 9.59. The molecule has 0 saturated heterocycles. The van der Waals surface area contributed by atoms with Crippen molar-refractivity contribution in [3.8, 4) is 17.3 Å². The summed E-state index contributed by atoms with van der Waals surface area (Å²) in [4.78, 5) is 7.88. The van der Waals surface area contributed by atoms with Gasteiger partial charge < -0.3 is 5.73 Å². The molecular weight excluding hydrogens is 366 g/mol. The summed E-state index contributed by atoms with van der Waals surface area (Å²) in [6.45, 7) is -2.50. The molecule has 0 radical (unpaired) electrons. The number of nitriles is 1. The van der Waals surface area contributed by atoms with Gasteiger partial charge in [0.15, 0.2) is 11.5 Å². The lowest BCUT2D eigenvalue weighted by Gasteiger charge is -2.30. The second-order valence-corrected chi connectivity index (χ2v) is 8.06. The Labute approximate surface area is 160 Å². The van der Waals surface area contributed by atoms with Gasteiger partial charge in [-0.25, -0.2) is 27.6 Å². The van der Waals surface area contributed by atoms with Crippen molar-refractivity contribution in [2.24, 2.45) is 5.92 Å². The molecule has 2 aromatic heterocycles. The average molecular weight is 386 g/mol. The number of aryl methyl sites for hydroxylation is 1. The molecule has 0 atom stereocenters. The Hall–Kier alpha value is -3.03. The van der Waals surface area contributed by atoms with Crippen LogP contribution in [0.15, 0.2) is 35.6 Å². The summed E-state index contributed by atoms with van der Waals surface area (Å²) in [6, 6.07) is 5.57. The fraction of sp³-hybridized carbons (Fsp3) is 0.294. The van der Waals surface area contributed by atoms with E-state index >= 15 is 0 Å². The molecule has 10 heteroatoms. The average Bonchev–Trinajstić information content (AvgIpc) is 3.08. The molecule has 1 saturated carbocycles. The first-order valence-electron chi connectivity index (χ1n) is 9.61. The monoisotopic (exact) mass is 386 g/mol. The number of anilines is 1. The van der Waals surface area contributed by atoms with E-state index in [-0.39, 0.29) is 45.1 Å². The molecule has 0 spiro atoms. The molecule has 0 aliphatic heterocycles. The zero-order valence-corrected chi connectivity index (χ0v) is 14.8. The van der Waals surface area contributed by atoms with Gasteiger partial charge in [0.25, 0.3) is 0 Å². The predicted octanol–water partition coefficient (Wildman–Crippen LogP) is 1.26. The van der Waals surface area contributed by atoms with Crippen LogP contribution in [0.25, 0.3) is 16.9 Å². The molecule has 4 rings (SSSR count). The Morgan fingerprint density at radius 3 is 2.96 bits per heavy atom. The molecule has 3 N–H and O–H groups in total. The third kappa shape index (κ3) is 3.01. The van der Waals surface area contributed by atoms with Crippen LogP contribution >= 0.6 is 0 Å². The Morgan fingerprint density at radius 1 is 1.41 bits per heavy atom. The summed E-state index contributed by atoms with van der Waals surface area (Å²) < 4.78 is 53.1. The van der Waals surface area contributed by atoms with Crippen molar-refractivity contribution in [3.05, 3.63) is 36.3 Å². The highest BCUT2D eigenvalue weighted by Gasteiger charge is 2.32. The highest BCUT2D eigenvalue weighted by molar-refractivity contribution is 7.89. The van der Waals surface area contributed by atoms with Gasteiger partial charge in [-0.15, -0.1) is 0 Å². The van der Waals surface area contributed by atoms with Gasteiger partial charge in [0.05, 0.1) is 22.9 Å². The van der Waals surface area contributed by atoms with Gasteiger partial charge in [0, 0.05) is 21.6 Å². The van der Waals surface area contributed by atoms with E-state index in [1.807, 2.05) is 0 Å². The number of hydrogen-bond donors (Lipinski definition) is 2. The highest BCUT2D eigenvalue weighted by atomic mass is 32.2. The molecule has 9 nitrogen and oxygen atoms in total. The molecular formula is C17H17N7O2S. The molecule has 138 valence electrons. The van der Waals surface area contributed by atoms with E-state index in [1.54, 1.807) is 0 Å². The standard InChI is InChI=1S/C17H17N7O2S/c1-10-2-3-13(27(25,26)23-12-4-11(5-12)7-18)6-14(10)15-8-20-17-16(19)21-9-22-24(15)17/h2-3,6,8-9,11-12,23H,4-5H2,1H3,(H2,19,21,22)/t11-,12-/i1D3. The number of sulfonamides is 1. The maximum atomic E-state index is 12.8. The van der Waals surface area contributed by atoms with Crippen molar-refractivity contribution in [2.75, 3.05) is 5.73 Å². The summed E-state index contributed by atoms with van der Waals surface area (Å²) in [5.74, 6) is -0.0522. The molecule has 1 aliphatic carbocycles. The SMILES string of the molecule is [2H]C([2H])([2H])c1ccc(S(=O)(=O)N[C@H]2C[C@H](C#N)C2)cc1-c1cnc2c(N)ncnn12. The maximum absolute atomic E-state index is 12.8. The predicted molar refractivity (Wildman–Crippen MR) is 97.8 cm³/mol. The Bertz CT molecular complexity index is 1270.